The van der Waals surface area contributed by atoms with E-state index in [2.05, 4.69) is 29.2 Å². The number of phenols is 1. The van der Waals surface area contributed by atoms with Crippen LogP contribution in [-0.2, 0) is 19.6 Å². The maximum Gasteiger partial charge on any atom is 0.127 e. The van der Waals surface area contributed by atoms with Crippen LogP contribution in [0.4, 0.5) is 0 Å². The maximum absolute atomic E-state index is 9.74. The van der Waals surface area contributed by atoms with E-state index >= 15 is 0 Å². The average molecular weight is 369 g/mol. The molecule has 4 heteroatoms. The molecule has 1 fully saturated rings. The molecule has 1 aliphatic carbocycles. The van der Waals surface area contributed by atoms with Crippen molar-refractivity contribution in [1.29, 1.82) is 0 Å². The van der Waals surface area contributed by atoms with Gasteiger partial charge in [-0.3, -0.25) is 4.90 Å². The minimum absolute atomic E-state index is 0.242. The second-order valence-electron chi connectivity index (χ2n) is 7.69. The Kier molecular flexibility index (Phi) is 7.13. The predicted octanol–water partition coefficient (Wildman–Crippen LogP) is 4.44. The average Bonchev–Trinajstić information content (AvgIpc) is 2.70. The van der Waals surface area contributed by atoms with E-state index in [1.165, 1.54) is 37.7 Å². The fraction of sp³-hybridized carbons (Fsp3) is 0.478. The first-order chi connectivity index (χ1) is 13.2. The van der Waals surface area contributed by atoms with Crippen LogP contribution in [0.3, 0.4) is 0 Å². The normalized spacial score (nSPS) is 15.2. The van der Waals surface area contributed by atoms with Crippen molar-refractivity contribution in [3.63, 3.8) is 0 Å². The molecule has 1 saturated carbocycles. The standard InChI is InChI=1S/C23H32N2O2/c1-27-23-13-22(26)12-11-21(23)17-25(15-19-5-3-2-4-6-19)16-20-9-7-18(14-24)8-10-20/h7-13,19,26H,2-6,14-17,24H2,1H3. The van der Waals surface area contributed by atoms with E-state index in [1.807, 2.05) is 6.07 Å². The zero-order valence-electron chi connectivity index (χ0n) is 16.4. The highest BCUT2D eigenvalue weighted by Gasteiger charge is 2.19. The lowest BCUT2D eigenvalue weighted by Gasteiger charge is -2.30. The van der Waals surface area contributed by atoms with E-state index in [0.29, 0.717) is 6.54 Å². The van der Waals surface area contributed by atoms with Gasteiger partial charge in [-0.1, -0.05) is 49.6 Å². The molecule has 3 N–H and O–H groups in total. The number of aromatic hydroxyl groups is 1. The summed E-state index contributed by atoms with van der Waals surface area (Å²) in [5.41, 5.74) is 9.31. The Labute approximate surface area is 163 Å². The Morgan fingerprint density at radius 3 is 2.37 bits per heavy atom. The first-order valence-corrected chi connectivity index (χ1v) is 10.0. The molecular formula is C23H32N2O2. The smallest absolute Gasteiger partial charge is 0.127 e. The van der Waals surface area contributed by atoms with Gasteiger partial charge in [-0.25, -0.2) is 0 Å². The Hall–Kier alpha value is -2.04. The van der Waals surface area contributed by atoms with Gasteiger partial charge in [0, 0.05) is 37.8 Å². The lowest BCUT2D eigenvalue weighted by Crippen LogP contribution is -2.30. The molecule has 4 nitrogen and oxygen atoms in total. The van der Waals surface area contributed by atoms with Crippen LogP contribution in [0.1, 0.15) is 48.8 Å². The van der Waals surface area contributed by atoms with Gasteiger partial charge in [0.25, 0.3) is 0 Å². The summed E-state index contributed by atoms with van der Waals surface area (Å²) in [6.45, 7) is 3.41. The quantitative estimate of drug-likeness (QED) is 0.723. The van der Waals surface area contributed by atoms with Crippen LogP contribution in [0.25, 0.3) is 0 Å². The first kappa shape index (κ1) is 19.7. The van der Waals surface area contributed by atoms with Gasteiger partial charge in [-0.2, -0.15) is 0 Å². The summed E-state index contributed by atoms with van der Waals surface area (Å²) in [5.74, 6) is 1.76. The molecule has 0 atom stereocenters. The number of nitrogens with zero attached hydrogens (tertiary/aromatic N) is 1. The number of hydrogen-bond acceptors (Lipinski definition) is 4. The van der Waals surface area contributed by atoms with Crippen molar-refractivity contribution >= 4 is 0 Å². The second-order valence-corrected chi connectivity index (χ2v) is 7.69. The molecule has 3 rings (SSSR count). The van der Waals surface area contributed by atoms with Crippen LogP contribution < -0.4 is 10.5 Å². The third-order valence-electron chi connectivity index (χ3n) is 5.57. The largest absolute Gasteiger partial charge is 0.508 e. The van der Waals surface area contributed by atoms with Crippen LogP contribution in [0.5, 0.6) is 11.5 Å². The topological polar surface area (TPSA) is 58.7 Å². The van der Waals surface area contributed by atoms with Crippen LogP contribution in [0.2, 0.25) is 0 Å². The molecule has 27 heavy (non-hydrogen) atoms. The van der Waals surface area contributed by atoms with Crippen molar-refractivity contribution in [3.05, 3.63) is 59.2 Å². The summed E-state index contributed by atoms with van der Waals surface area (Å²) < 4.78 is 5.50. The van der Waals surface area contributed by atoms with Crippen LogP contribution >= 0.6 is 0 Å². The first-order valence-electron chi connectivity index (χ1n) is 10.0. The van der Waals surface area contributed by atoms with Gasteiger partial charge in [0.1, 0.15) is 11.5 Å². The lowest BCUT2D eigenvalue weighted by atomic mass is 9.88. The number of nitrogens with two attached hydrogens (primary N) is 1. The Bertz CT molecular complexity index is 709. The minimum Gasteiger partial charge on any atom is -0.508 e. The third kappa shape index (κ3) is 5.72. The highest BCUT2D eigenvalue weighted by atomic mass is 16.5. The molecule has 0 radical (unpaired) electrons. The number of phenolic OH excluding ortho intramolecular Hbond substituents is 1. The summed E-state index contributed by atoms with van der Waals surface area (Å²) >= 11 is 0. The van der Waals surface area contributed by atoms with E-state index in [-0.39, 0.29) is 5.75 Å². The van der Waals surface area contributed by atoms with Gasteiger partial charge in [0.05, 0.1) is 7.11 Å². The Morgan fingerprint density at radius 1 is 1.00 bits per heavy atom. The molecule has 0 amide bonds. The van der Waals surface area contributed by atoms with Gasteiger partial charge in [0.2, 0.25) is 0 Å². The summed E-state index contributed by atoms with van der Waals surface area (Å²) in [4.78, 5) is 2.52. The SMILES string of the molecule is COc1cc(O)ccc1CN(Cc1ccc(CN)cc1)CC1CCCCC1. The Morgan fingerprint density at radius 2 is 1.70 bits per heavy atom. The van der Waals surface area contributed by atoms with Gasteiger partial charge < -0.3 is 15.6 Å². The number of methoxy groups -OCH3 is 1. The molecule has 0 spiro atoms. The van der Waals surface area contributed by atoms with Crippen LogP contribution in [0, 0.1) is 5.92 Å². The van der Waals surface area contributed by atoms with Gasteiger partial charge in [-0.15, -0.1) is 0 Å². The summed E-state index contributed by atoms with van der Waals surface area (Å²) in [7, 11) is 1.66. The molecule has 0 aliphatic heterocycles. The molecule has 1 aliphatic rings. The molecule has 2 aromatic rings. The van der Waals surface area contributed by atoms with E-state index < -0.39 is 0 Å². The number of hydrogen-bond donors (Lipinski definition) is 2. The third-order valence-corrected chi connectivity index (χ3v) is 5.57. The van der Waals surface area contributed by atoms with E-state index in [4.69, 9.17) is 10.5 Å². The number of ether oxygens (including phenoxy) is 1. The summed E-state index contributed by atoms with van der Waals surface area (Å²) in [6, 6.07) is 14.0. The highest BCUT2D eigenvalue weighted by molar-refractivity contribution is 5.40. The molecule has 0 unspecified atom stereocenters. The monoisotopic (exact) mass is 368 g/mol. The zero-order chi connectivity index (χ0) is 19.1. The van der Waals surface area contributed by atoms with E-state index in [0.717, 1.165) is 42.4 Å². The molecule has 0 bridgehead atoms. The summed E-state index contributed by atoms with van der Waals surface area (Å²) in [6.07, 6.45) is 6.74. The second kappa shape index (κ2) is 9.77. The summed E-state index contributed by atoms with van der Waals surface area (Å²) in [5, 5.41) is 9.74. The van der Waals surface area contributed by atoms with Crippen molar-refractivity contribution in [1.82, 2.24) is 4.90 Å². The molecule has 146 valence electrons. The fourth-order valence-corrected chi connectivity index (χ4v) is 4.06. The van der Waals surface area contributed by atoms with Gasteiger partial charge >= 0.3 is 0 Å². The van der Waals surface area contributed by atoms with Crippen molar-refractivity contribution in [2.75, 3.05) is 13.7 Å². The Balaban J connectivity index is 1.75. The van der Waals surface area contributed by atoms with Crippen LogP contribution in [0.15, 0.2) is 42.5 Å². The van der Waals surface area contributed by atoms with E-state index in [1.54, 1.807) is 19.2 Å². The van der Waals surface area contributed by atoms with Crippen molar-refractivity contribution in [2.45, 2.75) is 51.7 Å². The number of rotatable bonds is 8. The van der Waals surface area contributed by atoms with Gasteiger partial charge in [-0.05, 0) is 36.0 Å². The van der Waals surface area contributed by atoms with E-state index in [9.17, 15) is 5.11 Å². The molecule has 0 saturated heterocycles. The minimum atomic E-state index is 0.242. The van der Waals surface area contributed by atoms with Gasteiger partial charge in [0.15, 0.2) is 0 Å². The fourth-order valence-electron chi connectivity index (χ4n) is 4.06. The predicted molar refractivity (Wildman–Crippen MR) is 110 cm³/mol. The maximum atomic E-state index is 9.74. The van der Waals surface area contributed by atoms with Crippen molar-refractivity contribution in [2.24, 2.45) is 11.7 Å². The number of benzene rings is 2. The molecule has 0 heterocycles. The lowest BCUT2D eigenvalue weighted by molar-refractivity contribution is 0.185. The molecule has 0 aromatic heterocycles. The molecule has 2 aromatic carbocycles. The van der Waals surface area contributed by atoms with Crippen molar-refractivity contribution in [3.8, 4) is 11.5 Å². The highest BCUT2D eigenvalue weighted by Crippen LogP contribution is 2.29. The zero-order valence-corrected chi connectivity index (χ0v) is 16.4. The van der Waals surface area contributed by atoms with Crippen molar-refractivity contribution < 1.29 is 9.84 Å². The van der Waals surface area contributed by atoms with Crippen LogP contribution in [-0.4, -0.2) is 23.7 Å². The molecular weight excluding hydrogens is 336 g/mol.